The van der Waals surface area contributed by atoms with Crippen LogP contribution in [-0.2, 0) is 22.6 Å². The third-order valence-corrected chi connectivity index (χ3v) is 5.01. The fourth-order valence-corrected chi connectivity index (χ4v) is 3.40. The van der Waals surface area contributed by atoms with Gasteiger partial charge in [-0.15, -0.1) is 0 Å². The highest BCUT2D eigenvalue weighted by Crippen LogP contribution is 2.35. The van der Waals surface area contributed by atoms with Crippen molar-refractivity contribution in [2.24, 2.45) is 0 Å². The average molecular weight is 398 g/mol. The second-order valence-corrected chi connectivity index (χ2v) is 7.27. The Morgan fingerprint density at radius 2 is 1.93 bits per heavy atom. The van der Waals surface area contributed by atoms with Gasteiger partial charge in [-0.2, -0.15) is 0 Å². The van der Waals surface area contributed by atoms with Crippen molar-refractivity contribution in [3.8, 4) is 11.1 Å². The van der Waals surface area contributed by atoms with Crippen LogP contribution in [0.4, 0.5) is 0 Å². The lowest BCUT2D eigenvalue weighted by Gasteiger charge is -2.17. The van der Waals surface area contributed by atoms with E-state index in [1.165, 1.54) is 0 Å². The molecule has 0 spiro atoms. The largest absolute Gasteiger partial charge is 0.465 e. The number of esters is 1. The minimum absolute atomic E-state index is 0.114. The predicted octanol–water partition coefficient (Wildman–Crippen LogP) is 5.24. The molecule has 0 bridgehead atoms. The minimum atomic E-state index is -0.231. The van der Waals surface area contributed by atoms with Crippen LogP contribution in [0.1, 0.15) is 36.6 Å². The molecule has 0 saturated carbocycles. The summed E-state index contributed by atoms with van der Waals surface area (Å²) in [6.45, 7) is 4.37. The van der Waals surface area contributed by atoms with Gasteiger partial charge in [0.25, 0.3) is 0 Å². The molecule has 0 aliphatic carbocycles. The van der Waals surface area contributed by atoms with E-state index in [4.69, 9.17) is 16.3 Å². The first-order valence-corrected chi connectivity index (χ1v) is 9.85. The molecule has 0 radical (unpaired) electrons. The van der Waals surface area contributed by atoms with Crippen LogP contribution in [-0.4, -0.2) is 22.7 Å². The quantitative estimate of drug-likeness (QED) is 0.437. The Balaban J connectivity index is 2.12. The number of aryl methyl sites for hydroxylation is 1. The molecule has 146 valence electrons. The Kier molecular flexibility index (Phi) is 6.65. The van der Waals surface area contributed by atoms with Crippen LogP contribution in [0, 0.1) is 6.92 Å². The molecule has 0 saturated heterocycles. The highest BCUT2D eigenvalue weighted by atomic mass is 35.5. The molecular formula is C23H24ClNO3. The zero-order valence-electron chi connectivity index (χ0n) is 16.2. The molecule has 3 rings (SSSR count). The fourth-order valence-electron chi connectivity index (χ4n) is 3.28. The number of pyridine rings is 1. The predicted molar refractivity (Wildman–Crippen MR) is 112 cm³/mol. The van der Waals surface area contributed by atoms with E-state index < -0.39 is 0 Å². The van der Waals surface area contributed by atoms with Crippen molar-refractivity contribution < 1.29 is 14.6 Å². The second-order valence-electron chi connectivity index (χ2n) is 6.83. The van der Waals surface area contributed by atoms with E-state index in [1.54, 1.807) is 6.07 Å². The lowest BCUT2D eigenvalue weighted by molar-refractivity contribution is -0.142. The molecule has 1 N–H and O–H groups in total. The van der Waals surface area contributed by atoms with Crippen molar-refractivity contribution >= 4 is 28.5 Å². The maximum atomic E-state index is 12.4. The number of carbonyl (C=O) groups is 1. The summed E-state index contributed by atoms with van der Waals surface area (Å²) in [6, 6.07) is 13.3. The molecule has 0 aliphatic rings. The number of aliphatic hydroxyl groups excluding tert-OH is 1. The van der Waals surface area contributed by atoms with Crippen molar-refractivity contribution in [2.75, 3.05) is 6.61 Å². The first kappa shape index (κ1) is 20.3. The van der Waals surface area contributed by atoms with Gasteiger partial charge in [-0.1, -0.05) is 43.1 Å². The Hall–Kier alpha value is -2.43. The number of fused-ring (bicyclic) bond motifs is 1. The summed E-state index contributed by atoms with van der Waals surface area (Å²) >= 11 is 6.07. The van der Waals surface area contributed by atoms with Gasteiger partial charge in [0, 0.05) is 10.4 Å². The number of rotatable bonds is 7. The summed E-state index contributed by atoms with van der Waals surface area (Å²) in [7, 11) is 0. The number of carbonyl (C=O) groups excluding carboxylic acids is 1. The van der Waals surface area contributed by atoms with Gasteiger partial charge < -0.3 is 9.84 Å². The first-order valence-electron chi connectivity index (χ1n) is 9.48. The third kappa shape index (κ3) is 4.51. The molecule has 3 aromatic rings. The van der Waals surface area contributed by atoms with E-state index >= 15 is 0 Å². The summed E-state index contributed by atoms with van der Waals surface area (Å²) in [5, 5.41) is 11.0. The first-order chi connectivity index (χ1) is 13.5. The molecule has 0 unspecified atom stereocenters. The molecule has 0 fully saturated rings. The maximum Gasteiger partial charge on any atom is 0.310 e. The Labute approximate surface area is 170 Å². The number of benzene rings is 2. The van der Waals surface area contributed by atoms with Gasteiger partial charge in [-0.05, 0) is 59.9 Å². The average Bonchev–Trinajstić information content (AvgIpc) is 2.69. The van der Waals surface area contributed by atoms with Crippen LogP contribution < -0.4 is 0 Å². The zero-order chi connectivity index (χ0) is 20.1. The molecular weight excluding hydrogens is 374 g/mol. The van der Waals surface area contributed by atoms with Crippen LogP contribution in [0.2, 0.25) is 5.02 Å². The Morgan fingerprint density at radius 1 is 1.18 bits per heavy atom. The normalized spacial score (nSPS) is 11.0. The minimum Gasteiger partial charge on any atom is -0.465 e. The number of aromatic nitrogens is 1. The number of ether oxygens (including phenoxy) is 1. The van der Waals surface area contributed by atoms with E-state index in [9.17, 15) is 9.90 Å². The van der Waals surface area contributed by atoms with Gasteiger partial charge in [0.2, 0.25) is 0 Å². The molecule has 2 aromatic carbocycles. The summed E-state index contributed by atoms with van der Waals surface area (Å²) < 4.78 is 5.39. The van der Waals surface area contributed by atoms with E-state index in [-0.39, 0.29) is 19.0 Å². The van der Waals surface area contributed by atoms with E-state index in [2.05, 4.69) is 11.9 Å². The zero-order valence-corrected chi connectivity index (χ0v) is 16.9. The lowest BCUT2D eigenvalue weighted by atomic mass is 9.90. The molecule has 4 nitrogen and oxygen atoms in total. The molecule has 0 atom stereocenters. The smallest absolute Gasteiger partial charge is 0.310 e. The number of aliphatic hydroxyl groups is 1. The SMILES string of the molecule is CCCCOC(=O)Cc1c(C)cc2nc(CO)ccc2c1-c1ccc(Cl)cc1. The standard InChI is InChI=1S/C23H24ClNO3/c1-3-4-11-28-22(27)13-20-15(2)12-21-19(10-9-18(14-26)25-21)23(20)16-5-7-17(24)8-6-16/h5-10,12,26H,3-4,11,13-14H2,1-2H3. The van der Waals surface area contributed by atoms with E-state index in [1.807, 2.05) is 43.3 Å². The summed E-state index contributed by atoms with van der Waals surface area (Å²) in [5.41, 5.74) is 5.21. The highest BCUT2D eigenvalue weighted by molar-refractivity contribution is 6.30. The molecule has 0 amide bonds. The van der Waals surface area contributed by atoms with Crippen LogP contribution in [0.25, 0.3) is 22.0 Å². The van der Waals surface area contributed by atoms with Crippen molar-refractivity contribution in [3.63, 3.8) is 0 Å². The van der Waals surface area contributed by atoms with Gasteiger partial charge in [0.1, 0.15) is 0 Å². The topological polar surface area (TPSA) is 59.4 Å². The highest BCUT2D eigenvalue weighted by Gasteiger charge is 2.18. The molecule has 5 heteroatoms. The van der Waals surface area contributed by atoms with E-state index in [0.717, 1.165) is 46.0 Å². The van der Waals surface area contributed by atoms with Crippen LogP contribution in [0.15, 0.2) is 42.5 Å². The van der Waals surface area contributed by atoms with Crippen LogP contribution >= 0.6 is 11.6 Å². The van der Waals surface area contributed by atoms with Gasteiger partial charge in [-0.3, -0.25) is 9.78 Å². The summed E-state index contributed by atoms with van der Waals surface area (Å²) in [5.74, 6) is -0.231. The molecule has 0 aliphatic heterocycles. The maximum absolute atomic E-state index is 12.4. The van der Waals surface area contributed by atoms with Crippen LogP contribution in [0.3, 0.4) is 0 Å². The number of unbranched alkanes of at least 4 members (excludes halogenated alkanes) is 1. The summed E-state index contributed by atoms with van der Waals surface area (Å²) in [4.78, 5) is 17.0. The molecule has 1 aromatic heterocycles. The molecule has 1 heterocycles. The Bertz CT molecular complexity index is 983. The van der Waals surface area contributed by atoms with Gasteiger partial charge in [-0.25, -0.2) is 0 Å². The van der Waals surface area contributed by atoms with E-state index in [0.29, 0.717) is 17.3 Å². The monoisotopic (exact) mass is 397 g/mol. The third-order valence-electron chi connectivity index (χ3n) is 4.76. The summed E-state index contributed by atoms with van der Waals surface area (Å²) in [6.07, 6.45) is 2.04. The number of halogens is 1. The number of hydrogen-bond acceptors (Lipinski definition) is 4. The van der Waals surface area contributed by atoms with Crippen molar-refractivity contribution in [1.29, 1.82) is 0 Å². The number of nitrogens with zero attached hydrogens (tertiary/aromatic N) is 1. The van der Waals surface area contributed by atoms with Crippen molar-refractivity contribution in [1.82, 2.24) is 4.98 Å². The van der Waals surface area contributed by atoms with Crippen molar-refractivity contribution in [3.05, 3.63) is 64.3 Å². The molecule has 28 heavy (non-hydrogen) atoms. The Morgan fingerprint density at radius 3 is 2.61 bits per heavy atom. The van der Waals surface area contributed by atoms with Gasteiger partial charge in [0.15, 0.2) is 0 Å². The van der Waals surface area contributed by atoms with Gasteiger partial charge in [0.05, 0.1) is 30.8 Å². The second kappa shape index (κ2) is 9.18. The fraction of sp³-hybridized carbons (Fsp3) is 0.304. The lowest BCUT2D eigenvalue weighted by Crippen LogP contribution is -2.11. The number of hydrogen-bond donors (Lipinski definition) is 1. The van der Waals surface area contributed by atoms with Gasteiger partial charge >= 0.3 is 5.97 Å². The van der Waals surface area contributed by atoms with Crippen LogP contribution in [0.5, 0.6) is 0 Å². The van der Waals surface area contributed by atoms with Crippen molar-refractivity contribution in [2.45, 2.75) is 39.7 Å².